The molecule has 1 saturated heterocycles. The Kier molecular flexibility index (Phi) is 7.02. The van der Waals surface area contributed by atoms with Crippen LogP contribution in [-0.4, -0.2) is 70.1 Å². The van der Waals surface area contributed by atoms with Crippen LogP contribution in [-0.2, 0) is 21.3 Å². The van der Waals surface area contributed by atoms with Crippen LogP contribution >= 0.6 is 0 Å². The van der Waals surface area contributed by atoms with E-state index in [1.807, 2.05) is 30.3 Å². The number of hydrogen-bond donors (Lipinski definition) is 5. The molecule has 2 aliphatic rings. The number of hydrazine groups is 1. The highest BCUT2D eigenvalue weighted by Crippen LogP contribution is 2.41. The maximum atomic E-state index is 12.6. The molecule has 208 valence electrons. The third-order valence-corrected chi connectivity index (χ3v) is 7.46. The minimum absolute atomic E-state index is 0.255. The van der Waals surface area contributed by atoms with E-state index in [1.54, 1.807) is 15.8 Å². The van der Waals surface area contributed by atoms with Crippen LogP contribution in [0.25, 0.3) is 11.1 Å². The summed E-state index contributed by atoms with van der Waals surface area (Å²) in [5.41, 5.74) is 0.205. The number of sulfonamides is 1. The summed E-state index contributed by atoms with van der Waals surface area (Å²) in [5, 5.41) is 31.9. The fraction of sp³-hybridized carbons (Fsp3) is 0.292. The van der Waals surface area contributed by atoms with Crippen LogP contribution in [0.2, 0.25) is 0 Å². The number of benzene rings is 2. The van der Waals surface area contributed by atoms with E-state index in [0.717, 1.165) is 16.7 Å². The lowest BCUT2D eigenvalue weighted by molar-refractivity contribution is -0.0518. The Balaban J connectivity index is 1.40. The second-order valence-corrected chi connectivity index (χ2v) is 10.6. The van der Waals surface area contributed by atoms with Gasteiger partial charge in [-0.05, 0) is 29.8 Å². The zero-order valence-electron chi connectivity index (χ0n) is 20.0. The summed E-state index contributed by atoms with van der Waals surface area (Å²) in [6, 6.07) is 14.6. The van der Waals surface area contributed by atoms with Gasteiger partial charge in [0.2, 0.25) is 0 Å². The molecule has 15 heteroatoms. The van der Waals surface area contributed by atoms with Crippen molar-refractivity contribution in [1.29, 1.82) is 0 Å². The number of ether oxygens (including phenoxy) is 1. The molecule has 4 atom stereocenters. The van der Waals surface area contributed by atoms with E-state index in [-0.39, 0.29) is 12.2 Å². The first-order valence-electron chi connectivity index (χ1n) is 11.7. The first kappa shape index (κ1) is 27.0. The van der Waals surface area contributed by atoms with Crippen molar-refractivity contribution >= 4 is 33.6 Å². The van der Waals surface area contributed by atoms with Crippen molar-refractivity contribution < 1.29 is 41.6 Å². The van der Waals surface area contributed by atoms with Crippen LogP contribution in [0.15, 0.2) is 65.8 Å². The largest absolute Gasteiger partial charge is 0.516 e. The number of rotatable bonds is 7. The molecular weight excluding hydrogens is 543 g/mol. The van der Waals surface area contributed by atoms with Crippen LogP contribution < -0.4 is 10.1 Å². The Hall–Kier alpha value is -3.63. The summed E-state index contributed by atoms with van der Waals surface area (Å²) in [4.78, 5) is 4.51. The number of aliphatic hydroxyl groups is 3. The summed E-state index contributed by atoms with van der Waals surface area (Å²) in [7, 11) is -5.53. The average molecular weight is 568 g/mol. The quantitative estimate of drug-likeness (QED) is 0.293. The molecule has 0 unspecified atom stereocenters. The number of halogens is 3. The van der Waals surface area contributed by atoms with Gasteiger partial charge >= 0.3 is 15.5 Å². The summed E-state index contributed by atoms with van der Waals surface area (Å²) in [5.74, 6) is 0.471. The van der Waals surface area contributed by atoms with Gasteiger partial charge in [-0.3, -0.25) is 15.2 Å². The Bertz CT molecular complexity index is 1460. The number of aliphatic imine (C=N–C) groups is 1. The lowest BCUT2D eigenvalue weighted by Crippen LogP contribution is -2.33. The van der Waals surface area contributed by atoms with Crippen molar-refractivity contribution in [2.75, 3.05) is 16.8 Å². The van der Waals surface area contributed by atoms with Gasteiger partial charge in [0.1, 0.15) is 30.5 Å². The summed E-state index contributed by atoms with van der Waals surface area (Å²) >= 11 is 0. The van der Waals surface area contributed by atoms with Crippen molar-refractivity contribution in [3.05, 3.63) is 66.4 Å². The zero-order valence-corrected chi connectivity index (χ0v) is 20.8. The van der Waals surface area contributed by atoms with Gasteiger partial charge in [0.25, 0.3) is 0 Å². The second kappa shape index (κ2) is 10.2. The number of nitrogens with one attached hydrogen (secondary N) is 2. The van der Waals surface area contributed by atoms with E-state index >= 15 is 0 Å². The fourth-order valence-corrected chi connectivity index (χ4v) is 4.98. The number of anilines is 2. The molecule has 5 rings (SSSR count). The van der Waals surface area contributed by atoms with E-state index < -0.39 is 46.7 Å². The van der Waals surface area contributed by atoms with Crippen molar-refractivity contribution in [3.8, 4) is 11.1 Å². The monoisotopic (exact) mass is 567 g/mol. The molecule has 0 bridgehead atoms. The highest BCUT2D eigenvalue weighted by atomic mass is 32.2. The molecule has 0 spiro atoms. The number of hydrogen-bond acceptors (Lipinski definition) is 9. The third-order valence-electron chi connectivity index (χ3n) is 6.35. The van der Waals surface area contributed by atoms with Gasteiger partial charge in [0.15, 0.2) is 6.23 Å². The minimum Gasteiger partial charge on any atom is -0.394 e. The first-order chi connectivity index (χ1) is 18.5. The van der Waals surface area contributed by atoms with Gasteiger partial charge in [-0.2, -0.15) is 21.6 Å². The Morgan fingerprint density at radius 1 is 1.03 bits per heavy atom. The molecule has 0 aliphatic carbocycles. The maximum Gasteiger partial charge on any atom is 0.516 e. The average Bonchev–Trinajstić information content (AvgIpc) is 3.41. The first-order valence-corrected chi connectivity index (χ1v) is 13.1. The number of nitrogens with zero attached hydrogens (tertiary/aromatic N) is 3. The van der Waals surface area contributed by atoms with Gasteiger partial charge in [-0.1, -0.05) is 30.3 Å². The predicted octanol–water partition coefficient (Wildman–Crippen LogP) is 2.53. The van der Waals surface area contributed by atoms with Crippen molar-refractivity contribution in [1.82, 2.24) is 9.58 Å². The smallest absolute Gasteiger partial charge is 0.394 e. The fourth-order valence-electron chi connectivity index (χ4n) is 4.42. The Labute approximate surface area is 220 Å². The molecule has 5 N–H and O–H groups in total. The number of aliphatic hydroxyl groups excluding tert-OH is 3. The van der Waals surface area contributed by atoms with Gasteiger partial charge in [-0.15, -0.1) is 0 Å². The van der Waals surface area contributed by atoms with Gasteiger partial charge in [0.05, 0.1) is 18.8 Å². The topological polar surface area (TPSA) is 149 Å². The third kappa shape index (κ3) is 5.18. The molecule has 2 aromatic carbocycles. The van der Waals surface area contributed by atoms with E-state index in [2.05, 4.69) is 10.4 Å². The van der Waals surface area contributed by atoms with Crippen molar-refractivity contribution in [2.45, 2.75) is 36.6 Å². The lowest BCUT2D eigenvalue weighted by Gasteiger charge is -2.26. The molecule has 11 nitrogen and oxygen atoms in total. The molecule has 1 fully saturated rings. The highest BCUT2D eigenvalue weighted by Gasteiger charge is 2.46. The van der Waals surface area contributed by atoms with E-state index in [0.29, 0.717) is 11.5 Å². The zero-order chi connectivity index (χ0) is 27.9. The summed E-state index contributed by atoms with van der Waals surface area (Å²) in [6.07, 6.45) is -1.32. The van der Waals surface area contributed by atoms with Crippen LogP contribution in [0.3, 0.4) is 0 Å². The van der Waals surface area contributed by atoms with E-state index in [4.69, 9.17) is 4.74 Å². The second-order valence-electron chi connectivity index (χ2n) is 8.96. The molecule has 2 aliphatic heterocycles. The minimum atomic E-state index is -5.53. The van der Waals surface area contributed by atoms with Crippen LogP contribution in [0, 0.1) is 0 Å². The van der Waals surface area contributed by atoms with Gasteiger partial charge in [-0.25, -0.2) is 4.99 Å². The van der Waals surface area contributed by atoms with Crippen molar-refractivity contribution in [3.63, 3.8) is 0 Å². The Morgan fingerprint density at radius 2 is 1.69 bits per heavy atom. The molecule has 3 heterocycles. The number of alkyl halides is 3. The normalized spacial score (nSPS) is 23.1. The SMILES string of the molecule is O=S(=O)(Nc1ccc(NN2C=Nc3c(c(-c4ccccc4)cn3[C@@H]3O[C@H](CO)[C@H](O)[C@@H]3O)C2)cc1)C(F)(F)F. The standard InChI is InChI=1S/C24H24F3N5O6S/c25-24(26,27)39(36,37)30-16-8-6-15(7-9-16)29-31-10-18-17(14-4-2-1-3-5-14)11-32(22(18)28-13-31)23-21(35)20(34)19(12-33)38-23/h1-9,11,13,19-21,23,29-30,33-35H,10,12H2/t19-,20+,21+,23-/m1/s1. The van der Waals surface area contributed by atoms with Crippen molar-refractivity contribution in [2.24, 2.45) is 4.99 Å². The van der Waals surface area contributed by atoms with E-state index in [9.17, 15) is 36.9 Å². The summed E-state index contributed by atoms with van der Waals surface area (Å²) < 4.78 is 69.4. The molecule has 0 saturated carbocycles. The molecule has 3 aromatic rings. The molecule has 1 aromatic heterocycles. The number of aromatic nitrogens is 1. The van der Waals surface area contributed by atoms with E-state index in [1.165, 1.54) is 35.3 Å². The molecule has 0 radical (unpaired) electrons. The van der Waals surface area contributed by atoms with Gasteiger partial charge in [0, 0.05) is 23.0 Å². The predicted molar refractivity (Wildman–Crippen MR) is 135 cm³/mol. The summed E-state index contributed by atoms with van der Waals surface area (Å²) in [6.45, 7) is -0.200. The lowest BCUT2D eigenvalue weighted by atomic mass is 10.0. The van der Waals surface area contributed by atoms with Crippen LogP contribution in [0.1, 0.15) is 11.8 Å². The Morgan fingerprint density at radius 3 is 2.31 bits per heavy atom. The molecule has 0 amide bonds. The van der Waals surface area contributed by atoms with Gasteiger partial charge < -0.3 is 24.6 Å². The highest BCUT2D eigenvalue weighted by molar-refractivity contribution is 7.93. The molecule has 39 heavy (non-hydrogen) atoms. The number of fused-ring (bicyclic) bond motifs is 1. The maximum absolute atomic E-state index is 12.6. The van der Waals surface area contributed by atoms with Crippen LogP contribution in [0.4, 0.5) is 30.4 Å². The van der Waals surface area contributed by atoms with Crippen LogP contribution in [0.5, 0.6) is 0 Å². The molecular formula is C24H24F3N5O6S.